The molecule has 11 heteroatoms. The Bertz CT molecular complexity index is 1090. The van der Waals surface area contributed by atoms with Gasteiger partial charge in [-0.25, -0.2) is 4.79 Å². The summed E-state index contributed by atoms with van der Waals surface area (Å²) in [6.45, 7) is 4.83. The van der Waals surface area contributed by atoms with Crippen molar-refractivity contribution in [3.63, 3.8) is 0 Å². The first kappa shape index (κ1) is 24.7. The summed E-state index contributed by atoms with van der Waals surface area (Å²) in [4.78, 5) is 48.8. The maximum atomic E-state index is 12.7. The van der Waals surface area contributed by atoms with Crippen molar-refractivity contribution in [2.45, 2.75) is 31.1 Å². The van der Waals surface area contributed by atoms with E-state index in [9.17, 15) is 24.5 Å². The number of β-lactam (4-membered cyclic amide) rings is 1. The minimum absolute atomic E-state index is 0.0895. The van der Waals surface area contributed by atoms with Gasteiger partial charge in [-0.2, -0.15) is 0 Å². The number of nitrogens with zero attached hydrogens (tertiary/aromatic N) is 2. The Labute approximate surface area is 200 Å². The first-order valence-corrected chi connectivity index (χ1v) is 10.6. The van der Waals surface area contributed by atoms with E-state index in [4.69, 9.17) is 21.1 Å². The lowest BCUT2D eigenvalue weighted by atomic mass is 9.99. The van der Waals surface area contributed by atoms with E-state index < -0.39 is 40.3 Å². The molecular weight excluding hydrogens is 466 g/mol. The number of nitro benzene ring substituents is 1. The fraction of sp³-hybridized carbons (Fsp3) is 0.261. The Morgan fingerprint density at radius 3 is 2.41 bits per heavy atom. The monoisotopic (exact) mass is 487 g/mol. The van der Waals surface area contributed by atoms with Gasteiger partial charge in [0.2, 0.25) is 0 Å². The molecule has 2 amide bonds. The summed E-state index contributed by atoms with van der Waals surface area (Å²) in [5, 5.41) is 13.2. The summed E-state index contributed by atoms with van der Waals surface area (Å²) in [7, 11) is 0. The summed E-state index contributed by atoms with van der Waals surface area (Å²) >= 11 is 6.32. The molecule has 0 saturated carbocycles. The molecule has 0 bridgehead atoms. The molecule has 2 aromatic rings. The van der Waals surface area contributed by atoms with Gasteiger partial charge in [0.25, 0.3) is 17.5 Å². The number of hydrogen-bond donors (Lipinski definition) is 1. The van der Waals surface area contributed by atoms with Crippen molar-refractivity contribution in [1.29, 1.82) is 0 Å². The van der Waals surface area contributed by atoms with Crippen LogP contribution in [0.4, 0.5) is 5.69 Å². The highest BCUT2D eigenvalue weighted by Gasteiger charge is 2.52. The molecule has 2 aromatic carbocycles. The van der Waals surface area contributed by atoms with Crippen LogP contribution in [0.5, 0.6) is 5.75 Å². The molecular formula is C23H22ClN3O7. The summed E-state index contributed by atoms with van der Waals surface area (Å²) in [6.07, 6.45) is 0. The fourth-order valence-corrected chi connectivity index (χ4v) is 3.64. The van der Waals surface area contributed by atoms with E-state index in [0.29, 0.717) is 16.9 Å². The molecule has 10 nitrogen and oxygen atoms in total. The number of rotatable bonds is 10. The number of carbonyl (C=O) groups excluding carboxylic acids is 3. The van der Waals surface area contributed by atoms with Crippen molar-refractivity contribution in [3.05, 3.63) is 82.4 Å². The molecule has 0 aromatic heterocycles. The van der Waals surface area contributed by atoms with Crippen LogP contribution in [0.2, 0.25) is 0 Å². The van der Waals surface area contributed by atoms with E-state index in [-0.39, 0.29) is 18.9 Å². The smallest absolute Gasteiger partial charge is 0.333 e. The van der Waals surface area contributed by atoms with Gasteiger partial charge in [0.15, 0.2) is 12.6 Å². The molecule has 1 unspecified atom stereocenters. The van der Waals surface area contributed by atoms with Crippen LogP contribution in [0.25, 0.3) is 0 Å². The van der Waals surface area contributed by atoms with Gasteiger partial charge in [-0.15, -0.1) is 0 Å². The van der Waals surface area contributed by atoms with Crippen molar-refractivity contribution in [3.8, 4) is 5.75 Å². The highest BCUT2D eigenvalue weighted by Crippen LogP contribution is 2.30. The van der Waals surface area contributed by atoms with Crippen LogP contribution in [0, 0.1) is 10.1 Å². The van der Waals surface area contributed by atoms with Gasteiger partial charge in [0.1, 0.15) is 23.9 Å². The zero-order valence-electron chi connectivity index (χ0n) is 18.2. The zero-order chi connectivity index (χ0) is 24.8. The first-order chi connectivity index (χ1) is 16.2. The second kappa shape index (κ2) is 10.8. The Morgan fingerprint density at radius 2 is 1.85 bits per heavy atom. The third kappa shape index (κ3) is 5.70. The number of amides is 2. The van der Waals surface area contributed by atoms with Gasteiger partial charge < -0.3 is 19.7 Å². The van der Waals surface area contributed by atoms with Crippen LogP contribution < -0.4 is 10.1 Å². The van der Waals surface area contributed by atoms with Gasteiger partial charge in [-0.1, -0.05) is 36.4 Å². The molecule has 1 heterocycles. The van der Waals surface area contributed by atoms with Crippen molar-refractivity contribution < 1.29 is 28.8 Å². The van der Waals surface area contributed by atoms with Crippen LogP contribution in [-0.2, 0) is 25.7 Å². The van der Waals surface area contributed by atoms with Gasteiger partial charge in [-0.05, 0) is 42.3 Å². The van der Waals surface area contributed by atoms with Gasteiger partial charge in [0.05, 0.1) is 4.92 Å². The van der Waals surface area contributed by atoms with Crippen molar-refractivity contribution in [2.24, 2.45) is 0 Å². The predicted molar refractivity (Wildman–Crippen MR) is 122 cm³/mol. The van der Waals surface area contributed by atoms with Crippen LogP contribution >= 0.6 is 11.6 Å². The first-order valence-electron chi connectivity index (χ1n) is 10.2. The molecule has 1 fully saturated rings. The number of esters is 1. The third-order valence-electron chi connectivity index (χ3n) is 4.99. The predicted octanol–water partition coefficient (Wildman–Crippen LogP) is 2.55. The summed E-state index contributed by atoms with van der Waals surface area (Å²) < 4.78 is 10.6. The molecule has 3 rings (SSSR count). The van der Waals surface area contributed by atoms with E-state index in [0.717, 1.165) is 4.90 Å². The van der Waals surface area contributed by atoms with Gasteiger partial charge in [0, 0.05) is 12.1 Å². The maximum Gasteiger partial charge on any atom is 0.333 e. The normalized spacial score (nSPS) is 17.8. The molecule has 3 atom stereocenters. The van der Waals surface area contributed by atoms with Crippen LogP contribution in [-0.4, -0.2) is 51.8 Å². The average molecular weight is 488 g/mol. The number of halogens is 1. The van der Waals surface area contributed by atoms with Crippen molar-refractivity contribution in [1.82, 2.24) is 10.2 Å². The summed E-state index contributed by atoms with van der Waals surface area (Å²) in [5.74, 6) is -1.37. The molecule has 178 valence electrons. The van der Waals surface area contributed by atoms with E-state index >= 15 is 0 Å². The summed E-state index contributed by atoms with van der Waals surface area (Å²) in [5.41, 5.74) is -0.236. The number of nitrogens with one attached hydrogen (secondary N) is 1. The third-order valence-corrected chi connectivity index (χ3v) is 5.45. The minimum Gasteiger partial charge on any atom is -0.484 e. The number of ether oxygens (including phenoxy) is 2. The number of alkyl halides is 1. The quantitative estimate of drug-likeness (QED) is 0.104. The zero-order valence-corrected chi connectivity index (χ0v) is 18.9. The number of nitro groups is 1. The standard InChI is InChI=1S/C23H22ClN3O7/c1-14(2)20(23(30)34-12-15-8-10-16(11-9-15)27(31)32)26-21(24)19(22(26)29)25-18(28)13-33-17-6-4-3-5-7-17/h3-11,19-21H,1,12-13H2,2H3,(H,25,28)/t19-,20?,21-/m1/s1. The molecule has 0 radical (unpaired) electrons. The Morgan fingerprint density at radius 1 is 1.21 bits per heavy atom. The molecule has 1 N–H and O–H groups in total. The second-order valence-corrected chi connectivity index (χ2v) is 7.99. The number of para-hydroxylation sites is 1. The molecule has 0 spiro atoms. The lowest BCUT2D eigenvalue weighted by molar-refractivity contribution is -0.384. The second-order valence-electron chi connectivity index (χ2n) is 7.55. The number of likely N-dealkylation sites (tertiary alicyclic amines) is 1. The number of benzene rings is 2. The molecule has 0 aliphatic carbocycles. The Kier molecular flexibility index (Phi) is 7.85. The van der Waals surface area contributed by atoms with Crippen LogP contribution in [0.1, 0.15) is 12.5 Å². The lowest BCUT2D eigenvalue weighted by Crippen LogP contribution is -2.72. The number of hydrogen-bond acceptors (Lipinski definition) is 7. The van der Waals surface area contributed by atoms with Crippen molar-refractivity contribution >= 4 is 35.1 Å². The van der Waals surface area contributed by atoms with E-state index in [1.54, 1.807) is 31.2 Å². The van der Waals surface area contributed by atoms with Crippen molar-refractivity contribution in [2.75, 3.05) is 6.61 Å². The maximum absolute atomic E-state index is 12.7. The Hall–Kier alpha value is -3.92. The SMILES string of the molecule is C=C(C)C(C(=O)OCc1ccc([N+](=O)[O-])cc1)N1C(=O)[C@H](NC(=O)COc2ccccc2)[C@@H]1Cl. The summed E-state index contributed by atoms with van der Waals surface area (Å²) in [6, 6.07) is 12.0. The highest BCUT2D eigenvalue weighted by atomic mass is 35.5. The van der Waals surface area contributed by atoms with Gasteiger partial charge >= 0.3 is 5.97 Å². The average Bonchev–Trinajstić information content (AvgIpc) is 2.83. The molecule has 1 aliphatic rings. The van der Waals surface area contributed by atoms with Crippen LogP contribution in [0.3, 0.4) is 0 Å². The molecule has 1 aliphatic heterocycles. The van der Waals surface area contributed by atoms with E-state index in [2.05, 4.69) is 11.9 Å². The molecule has 1 saturated heterocycles. The van der Waals surface area contributed by atoms with E-state index in [1.165, 1.54) is 24.3 Å². The van der Waals surface area contributed by atoms with Gasteiger partial charge in [-0.3, -0.25) is 19.7 Å². The fourth-order valence-electron chi connectivity index (χ4n) is 3.26. The Balaban J connectivity index is 1.55. The largest absolute Gasteiger partial charge is 0.484 e. The number of carbonyl (C=O) groups is 3. The van der Waals surface area contributed by atoms with Crippen LogP contribution in [0.15, 0.2) is 66.7 Å². The topological polar surface area (TPSA) is 128 Å². The number of non-ortho nitro benzene ring substituents is 1. The molecule has 34 heavy (non-hydrogen) atoms. The van der Waals surface area contributed by atoms with E-state index in [1.807, 2.05) is 6.07 Å². The minimum atomic E-state index is -1.15. The highest BCUT2D eigenvalue weighted by molar-refractivity contribution is 6.27. The lowest BCUT2D eigenvalue weighted by Gasteiger charge is -2.47.